The van der Waals surface area contributed by atoms with Crippen LogP contribution in [0.4, 0.5) is 0 Å². The Labute approximate surface area is 99.5 Å². The molecule has 1 aliphatic rings. The zero-order valence-electron chi connectivity index (χ0n) is 9.09. The number of aliphatic hydroxyl groups excluding tert-OH is 4. The van der Waals surface area contributed by atoms with Gasteiger partial charge in [0.05, 0.1) is 16.8 Å². The van der Waals surface area contributed by atoms with Crippen LogP contribution in [0.1, 0.15) is 0 Å². The molecule has 1 aliphatic heterocycles. The third kappa shape index (κ3) is 2.50. The topological polar surface area (TPSA) is 148 Å². The smallest absolute Gasteiger partial charge is 0.333 e. The van der Waals surface area contributed by atoms with Crippen LogP contribution in [-0.4, -0.2) is 89.2 Å². The van der Waals surface area contributed by atoms with E-state index >= 15 is 0 Å². The average molecular weight is 268 g/mol. The first kappa shape index (κ1) is 14.5. The molecule has 0 saturated carbocycles. The van der Waals surface area contributed by atoms with E-state index in [1.807, 2.05) is 0 Å². The minimum atomic E-state index is -2.31. The fourth-order valence-corrected chi connectivity index (χ4v) is 2.17. The highest BCUT2D eigenvalue weighted by atomic mass is 28.1. The normalized spacial score (nSPS) is 42.1. The minimum absolute atomic E-state index is 0.263. The maximum Gasteiger partial charge on any atom is 0.333 e. The van der Waals surface area contributed by atoms with Crippen LogP contribution in [-0.2, 0) is 9.53 Å². The lowest BCUT2D eigenvalue weighted by molar-refractivity contribution is -0.256. The number of hydrogen-bond donors (Lipinski definition) is 6. The highest BCUT2D eigenvalue weighted by molar-refractivity contribution is 6.26. The van der Waals surface area contributed by atoms with E-state index in [0.29, 0.717) is 0 Å². The van der Waals surface area contributed by atoms with Gasteiger partial charge in [-0.1, -0.05) is 0 Å². The van der Waals surface area contributed by atoms with Gasteiger partial charge in [-0.05, 0) is 0 Å². The molecular weight excluding hydrogens is 252 g/mol. The van der Waals surface area contributed by atoms with E-state index in [2.05, 4.69) is 0 Å². The Morgan fingerprint density at radius 3 is 2.18 bits per heavy atom. The average Bonchev–Trinajstić information content (AvgIpc) is 2.26. The fourth-order valence-electron chi connectivity index (χ4n) is 1.69. The molecule has 100 valence electrons. The van der Waals surface area contributed by atoms with Crippen molar-refractivity contribution >= 4 is 16.2 Å². The zero-order valence-corrected chi connectivity index (χ0v) is 11.1. The van der Waals surface area contributed by atoms with Crippen molar-refractivity contribution in [2.75, 3.05) is 6.61 Å². The molecule has 17 heavy (non-hydrogen) atoms. The molecule has 0 radical (unpaired) electrons. The van der Waals surface area contributed by atoms with Crippen molar-refractivity contribution in [1.29, 1.82) is 0 Å². The van der Waals surface area contributed by atoms with Gasteiger partial charge in [0.25, 0.3) is 0 Å². The zero-order chi connectivity index (χ0) is 13.4. The number of carbonyl (C=O) groups is 1. The van der Waals surface area contributed by atoms with Crippen molar-refractivity contribution in [2.24, 2.45) is 0 Å². The highest BCUT2D eigenvalue weighted by Crippen LogP contribution is 2.27. The van der Waals surface area contributed by atoms with Crippen molar-refractivity contribution in [1.82, 2.24) is 0 Å². The van der Waals surface area contributed by atoms with Gasteiger partial charge in [0.2, 0.25) is 0 Å². The van der Waals surface area contributed by atoms with Gasteiger partial charge in [-0.3, -0.25) is 0 Å². The van der Waals surface area contributed by atoms with Gasteiger partial charge in [0, 0.05) is 0 Å². The lowest BCUT2D eigenvalue weighted by atomic mass is 9.92. The standard InChI is InChI=1S/C8H16O8Si/c9-1-2-3(10)4(11)5(12)6(16-2)8(15,17)7(13)14/h2-6,9-12,15H,1H2,17H3,(H,13,14)/t2-,3+,4+,5-,6-,8?/m1/s1. The van der Waals surface area contributed by atoms with E-state index in [0.717, 1.165) is 0 Å². The van der Waals surface area contributed by atoms with Crippen molar-refractivity contribution in [3.05, 3.63) is 0 Å². The van der Waals surface area contributed by atoms with Crippen LogP contribution in [0.5, 0.6) is 0 Å². The highest BCUT2D eigenvalue weighted by Gasteiger charge is 2.53. The molecule has 0 aromatic heterocycles. The monoisotopic (exact) mass is 268 g/mol. The van der Waals surface area contributed by atoms with E-state index in [1.165, 1.54) is 0 Å². The van der Waals surface area contributed by atoms with Gasteiger partial charge >= 0.3 is 5.97 Å². The molecular formula is C8H16O8Si. The van der Waals surface area contributed by atoms with Crippen LogP contribution in [0.2, 0.25) is 0 Å². The first-order valence-corrected chi connectivity index (χ1v) is 5.99. The summed E-state index contributed by atoms with van der Waals surface area (Å²) in [4.78, 5) is 10.8. The second-order valence-electron chi connectivity index (χ2n) is 4.20. The molecule has 0 bridgehead atoms. The molecule has 9 heteroatoms. The van der Waals surface area contributed by atoms with Crippen LogP contribution in [0, 0.1) is 0 Å². The van der Waals surface area contributed by atoms with E-state index in [9.17, 15) is 25.2 Å². The maximum atomic E-state index is 10.8. The molecule has 1 fully saturated rings. The molecule has 1 rings (SSSR count). The minimum Gasteiger partial charge on any atom is -0.479 e. The van der Waals surface area contributed by atoms with Gasteiger partial charge in [-0.25, -0.2) is 4.79 Å². The van der Waals surface area contributed by atoms with Crippen LogP contribution in [0.15, 0.2) is 0 Å². The number of aliphatic carboxylic acids is 1. The van der Waals surface area contributed by atoms with Gasteiger partial charge < -0.3 is 35.4 Å². The largest absolute Gasteiger partial charge is 0.479 e. The molecule has 1 saturated heterocycles. The number of ether oxygens (including phenoxy) is 1. The summed E-state index contributed by atoms with van der Waals surface area (Å²) in [5.74, 6) is -1.59. The van der Waals surface area contributed by atoms with Gasteiger partial charge in [0.15, 0.2) is 5.22 Å². The predicted molar refractivity (Wildman–Crippen MR) is 56.3 cm³/mol. The third-order valence-electron chi connectivity index (χ3n) is 2.88. The number of carboxylic acids is 1. The van der Waals surface area contributed by atoms with E-state index in [4.69, 9.17) is 14.9 Å². The van der Waals surface area contributed by atoms with Crippen molar-refractivity contribution < 1.29 is 40.2 Å². The molecule has 0 aliphatic carbocycles. The number of hydrogen-bond acceptors (Lipinski definition) is 7. The summed E-state index contributed by atoms with van der Waals surface area (Å²) in [5.41, 5.74) is 0. The first-order chi connectivity index (χ1) is 7.73. The molecule has 6 N–H and O–H groups in total. The van der Waals surface area contributed by atoms with Crippen LogP contribution < -0.4 is 0 Å². The molecule has 0 aromatic carbocycles. The summed E-state index contributed by atoms with van der Waals surface area (Å²) in [6.07, 6.45) is -7.82. The molecule has 1 unspecified atom stereocenters. The van der Waals surface area contributed by atoms with Crippen LogP contribution in [0.25, 0.3) is 0 Å². The third-order valence-corrected chi connectivity index (χ3v) is 3.88. The summed E-state index contributed by atoms with van der Waals surface area (Å²) >= 11 is 0. The number of aliphatic hydroxyl groups is 5. The fraction of sp³-hybridized carbons (Fsp3) is 0.875. The molecule has 8 nitrogen and oxygen atoms in total. The summed E-state index contributed by atoms with van der Waals surface area (Å²) in [7, 11) is -0.263. The van der Waals surface area contributed by atoms with Gasteiger partial charge in [-0.15, -0.1) is 0 Å². The van der Waals surface area contributed by atoms with Crippen LogP contribution in [0.3, 0.4) is 0 Å². The van der Waals surface area contributed by atoms with E-state index in [-0.39, 0.29) is 10.2 Å². The van der Waals surface area contributed by atoms with E-state index < -0.39 is 48.3 Å². The summed E-state index contributed by atoms with van der Waals surface area (Å²) in [6, 6.07) is 0. The van der Waals surface area contributed by atoms with Crippen molar-refractivity contribution in [3.8, 4) is 0 Å². The summed E-state index contributed by atoms with van der Waals surface area (Å²) in [6.45, 7) is -0.668. The second kappa shape index (κ2) is 4.98. The lowest BCUT2D eigenvalue weighted by Gasteiger charge is -2.44. The molecule has 1 heterocycles. The Kier molecular flexibility index (Phi) is 4.25. The molecule has 0 aromatic rings. The lowest BCUT2D eigenvalue weighted by Crippen LogP contribution is -2.67. The van der Waals surface area contributed by atoms with Gasteiger partial charge in [0.1, 0.15) is 30.5 Å². The Morgan fingerprint density at radius 2 is 1.76 bits per heavy atom. The maximum absolute atomic E-state index is 10.8. The van der Waals surface area contributed by atoms with E-state index in [1.54, 1.807) is 0 Å². The van der Waals surface area contributed by atoms with Crippen LogP contribution >= 0.6 is 0 Å². The Balaban J connectivity index is 2.97. The second-order valence-corrected chi connectivity index (χ2v) is 5.73. The summed E-state index contributed by atoms with van der Waals surface area (Å²) < 4.78 is 4.95. The number of carboxylic acid groups (broad SMARTS) is 1. The van der Waals surface area contributed by atoms with Crippen molar-refractivity contribution in [2.45, 2.75) is 35.7 Å². The quantitative estimate of drug-likeness (QED) is 0.279. The Bertz CT molecular complexity index is 293. The first-order valence-electron chi connectivity index (χ1n) is 4.99. The van der Waals surface area contributed by atoms with Gasteiger partial charge in [-0.2, -0.15) is 0 Å². The molecule has 0 amide bonds. The SMILES string of the molecule is O=C(O)C(O)([SiH3])[C@@H]1O[C@H](CO)[C@H](O)[C@H](O)[C@H]1O. The molecule has 6 atom stereocenters. The summed E-state index contributed by atoms with van der Waals surface area (Å²) in [5, 5.41) is 53.6. The molecule has 0 spiro atoms. The Hall–Kier alpha value is -0.553. The Morgan fingerprint density at radius 1 is 1.24 bits per heavy atom. The number of rotatable bonds is 3. The predicted octanol–water partition coefficient (Wildman–Crippen LogP) is -5.03. The van der Waals surface area contributed by atoms with Crippen molar-refractivity contribution in [3.63, 3.8) is 0 Å².